The summed E-state index contributed by atoms with van der Waals surface area (Å²) < 4.78 is 31.6. The predicted octanol–water partition coefficient (Wildman–Crippen LogP) is 5.88. The molecule has 6 heteroatoms. The number of aryl methyl sites for hydroxylation is 1. The van der Waals surface area contributed by atoms with Crippen LogP contribution in [-0.2, 0) is 16.3 Å². The van der Waals surface area contributed by atoms with Gasteiger partial charge in [0, 0.05) is 37.8 Å². The maximum atomic E-state index is 13.2. The minimum absolute atomic E-state index is 0.310. The number of benzene rings is 2. The van der Waals surface area contributed by atoms with Gasteiger partial charge in [-0.15, -0.1) is 0 Å². The van der Waals surface area contributed by atoms with Gasteiger partial charge in [0.15, 0.2) is 0 Å². The molecule has 1 saturated carbocycles. The fraction of sp³-hybridized carbons (Fsp3) is 0.586. The second kappa shape index (κ2) is 11.4. The summed E-state index contributed by atoms with van der Waals surface area (Å²) in [7, 11) is -1.95. The summed E-state index contributed by atoms with van der Waals surface area (Å²) in [6.45, 7) is 9.79. The molecule has 0 bridgehead atoms. The number of hydrogen-bond acceptors (Lipinski definition) is 5. The Morgan fingerprint density at radius 2 is 1.57 bits per heavy atom. The van der Waals surface area contributed by atoms with E-state index in [9.17, 15) is 8.42 Å². The van der Waals surface area contributed by atoms with Gasteiger partial charge in [-0.2, -0.15) is 0 Å². The lowest BCUT2D eigenvalue weighted by Crippen LogP contribution is -2.55. The zero-order valence-electron chi connectivity index (χ0n) is 21.9. The van der Waals surface area contributed by atoms with E-state index in [2.05, 4.69) is 22.8 Å². The van der Waals surface area contributed by atoms with Crippen molar-refractivity contribution in [3.05, 3.63) is 53.6 Å². The van der Waals surface area contributed by atoms with Gasteiger partial charge in [0.2, 0.25) is 9.84 Å². The topological polar surface area (TPSA) is 49.9 Å². The molecule has 1 saturated heterocycles. The van der Waals surface area contributed by atoms with Crippen LogP contribution in [0.1, 0.15) is 76.5 Å². The van der Waals surface area contributed by atoms with Crippen molar-refractivity contribution in [1.29, 1.82) is 0 Å². The second-order valence-corrected chi connectivity index (χ2v) is 11.9. The number of piperazine rings is 1. The van der Waals surface area contributed by atoms with Crippen LogP contribution in [0.2, 0.25) is 0 Å². The molecule has 192 valence electrons. The van der Waals surface area contributed by atoms with Crippen molar-refractivity contribution < 1.29 is 13.2 Å². The molecular formula is C29H42N2O3S. The van der Waals surface area contributed by atoms with Crippen molar-refractivity contribution in [3.63, 3.8) is 0 Å². The average Bonchev–Trinajstić information content (AvgIpc) is 3.33. The molecule has 2 fully saturated rings. The highest BCUT2D eigenvalue weighted by Crippen LogP contribution is 2.40. The van der Waals surface area contributed by atoms with Crippen LogP contribution in [0.15, 0.2) is 52.3 Å². The maximum Gasteiger partial charge on any atom is 0.206 e. The summed E-state index contributed by atoms with van der Waals surface area (Å²) in [4.78, 5) is 6.11. The molecule has 1 unspecified atom stereocenters. The molecule has 1 heterocycles. The van der Waals surface area contributed by atoms with Crippen LogP contribution in [-0.4, -0.2) is 57.0 Å². The van der Waals surface area contributed by atoms with Crippen molar-refractivity contribution in [3.8, 4) is 5.75 Å². The van der Waals surface area contributed by atoms with E-state index in [1.165, 1.54) is 43.2 Å². The summed E-state index contributed by atoms with van der Waals surface area (Å²) >= 11 is 0. The molecule has 35 heavy (non-hydrogen) atoms. The van der Waals surface area contributed by atoms with Gasteiger partial charge in [-0.05, 0) is 80.1 Å². The van der Waals surface area contributed by atoms with Crippen LogP contribution in [0.25, 0.3) is 0 Å². The first-order chi connectivity index (χ1) is 17.0. The number of sulfone groups is 1. The molecule has 2 aromatic rings. The largest absolute Gasteiger partial charge is 0.497 e. The molecule has 3 aliphatic rings. The fourth-order valence-corrected chi connectivity index (χ4v) is 7.53. The van der Waals surface area contributed by atoms with Crippen LogP contribution in [0.4, 0.5) is 0 Å². The van der Waals surface area contributed by atoms with Gasteiger partial charge in [0.1, 0.15) is 5.75 Å². The Bertz CT molecular complexity index is 1080. The second-order valence-electron chi connectivity index (χ2n) is 9.97. The van der Waals surface area contributed by atoms with Gasteiger partial charge < -0.3 is 4.74 Å². The maximum absolute atomic E-state index is 13.2. The number of nitrogens with zero attached hydrogens (tertiary/aromatic N) is 2. The van der Waals surface area contributed by atoms with Gasteiger partial charge >= 0.3 is 0 Å². The third-order valence-corrected chi connectivity index (χ3v) is 9.81. The average molecular weight is 499 g/mol. The molecule has 2 atom stereocenters. The van der Waals surface area contributed by atoms with Gasteiger partial charge in [-0.1, -0.05) is 39.2 Å². The molecule has 0 aromatic heterocycles. The van der Waals surface area contributed by atoms with Crippen molar-refractivity contribution in [2.45, 2.75) is 93.6 Å². The Hall–Kier alpha value is -1.89. The lowest BCUT2D eigenvalue weighted by atomic mass is 9.93. The summed E-state index contributed by atoms with van der Waals surface area (Å²) in [6, 6.07) is 14.1. The van der Waals surface area contributed by atoms with E-state index in [1.807, 2.05) is 19.9 Å². The minimum atomic E-state index is -3.53. The Morgan fingerprint density at radius 3 is 2.23 bits per heavy atom. The fourth-order valence-electron chi connectivity index (χ4n) is 6.21. The first kappa shape index (κ1) is 26.2. The molecule has 1 aliphatic heterocycles. The quantitative estimate of drug-likeness (QED) is 0.515. The molecule has 0 amide bonds. The predicted molar refractivity (Wildman–Crippen MR) is 142 cm³/mol. The van der Waals surface area contributed by atoms with E-state index in [-0.39, 0.29) is 0 Å². The number of ether oxygens (including phenoxy) is 1. The Morgan fingerprint density at radius 1 is 0.886 bits per heavy atom. The van der Waals surface area contributed by atoms with E-state index >= 15 is 0 Å². The molecule has 5 rings (SSSR count). The monoisotopic (exact) mass is 498 g/mol. The Labute approximate surface area is 212 Å². The molecule has 5 nitrogen and oxygen atoms in total. The number of fused-ring (bicyclic) bond motifs is 1. The molecule has 0 radical (unpaired) electrons. The van der Waals surface area contributed by atoms with Crippen molar-refractivity contribution in [1.82, 2.24) is 9.80 Å². The normalized spacial score (nSPS) is 23.9. The highest BCUT2D eigenvalue weighted by atomic mass is 32.2. The molecule has 2 aliphatic carbocycles. The lowest BCUT2D eigenvalue weighted by Gasteiger charge is -2.46. The van der Waals surface area contributed by atoms with E-state index in [0.29, 0.717) is 27.6 Å². The third-order valence-electron chi connectivity index (χ3n) is 8.04. The highest BCUT2D eigenvalue weighted by Gasteiger charge is 2.36. The number of hydrogen-bond donors (Lipinski definition) is 0. The molecule has 0 spiro atoms. The van der Waals surface area contributed by atoms with Crippen LogP contribution >= 0.6 is 0 Å². The highest BCUT2D eigenvalue weighted by molar-refractivity contribution is 7.91. The van der Waals surface area contributed by atoms with Crippen LogP contribution in [0, 0.1) is 0 Å². The van der Waals surface area contributed by atoms with Gasteiger partial charge in [0.05, 0.1) is 16.9 Å². The number of rotatable bonds is 5. The smallest absolute Gasteiger partial charge is 0.206 e. The summed E-state index contributed by atoms with van der Waals surface area (Å²) in [5.41, 5.74) is 2.51. The van der Waals surface area contributed by atoms with Gasteiger partial charge in [0.25, 0.3) is 0 Å². The molecule has 2 aromatic carbocycles. The van der Waals surface area contributed by atoms with E-state index in [4.69, 9.17) is 4.74 Å². The third kappa shape index (κ3) is 5.45. The first-order valence-electron chi connectivity index (χ1n) is 13.5. The zero-order valence-corrected chi connectivity index (χ0v) is 22.7. The van der Waals surface area contributed by atoms with E-state index < -0.39 is 9.84 Å². The van der Waals surface area contributed by atoms with Crippen molar-refractivity contribution in [2.24, 2.45) is 0 Å². The number of methoxy groups -OCH3 is 1. The standard InChI is InChI=1S/C27H36N2O3S.C2H6/c1-20-19-28(22-6-4-3-5-7-22)16-17-29(20)27-15-8-21-18-25(13-14-26(21)27)33(30,31)24-11-9-23(32-2)10-12-24;1-2/h9-14,18,20,22,27H,3-8,15-17,19H2,1-2H3;1-2H3/t20-,27?;/m1./s1. The minimum Gasteiger partial charge on any atom is -0.497 e. The van der Waals surface area contributed by atoms with Crippen LogP contribution in [0.3, 0.4) is 0 Å². The van der Waals surface area contributed by atoms with E-state index in [0.717, 1.165) is 38.5 Å². The van der Waals surface area contributed by atoms with E-state index in [1.54, 1.807) is 37.4 Å². The Balaban J connectivity index is 0.00000141. The summed E-state index contributed by atoms with van der Waals surface area (Å²) in [6.07, 6.45) is 8.93. The first-order valence-corrected chi connectivity index (χ1v) is 15.0. The SMILES string of the molecule is CC.COc1ccc(S(=O)(=O)c2ccc3c(c2)CCC3N2CCN(C3CCCCC3)C[C@H]2C)cc1. The molecule has 0 N–H and O–H groups in total. The van der Waals surface area contributed by atoms with Crippen LogP contribution < -0.4 is 4.74 Å². The van der Waals surface area contributed by atoms with Gasteiger partial charge in [-0.25, -0.2) is 8.42 Å². The van der Waals surface area contributed by atoms with Crippen molar-refractivity contribution in [2.75, 3.05) is 26.7 Å². The molecular weight excluding hydrogens is 456 g/mol. The van der Waals surface area contributed by atoms with Gasteiger partial charge in [-0.3, -0.25) is 9.80 Å². The van der Waals surface area contributed by atoms with Crippen LogP contribution in [0.5, 0.6) is 5.75 Å². The zero-order chi connectivity index (χ0) is 25.0. The van der Waals surface area contributed by atoms with Crippen molar-refractivity contribution >= 4 is 9.84 Å². The Kier molecular flexibility index (Phi) is 8.56. The lowest BCUT2D eigenvalue weighted by molar-refractivity contribution is 0.0186. The summed E-state index contributed by atoms with van der Waals surface area (Å²) in [5.74, 6) is 0.656. The summed E-state index contributed by atoms with van der Waals surface area (Å²) in [5, 5.41) is 0.